The molecule has 1 aliphatic rings. The van der Waals surface area contributed by atoms with E-state index in [0.29, 0.717) is 29.6 Å². The maximum atomic E-state index is 14.0. The van der Waals surface area contributed by atoms with Crippen LogP contribution in [0.15, 0.2) is 42.5 Å². The number of halogens is 2. The highest BCUT2D eigenvalue weighted by molar-refractivity contribution is 6.30. The molecular formula is C21H19ClFN5O3. The summed E-state index contributed by atoms with van der Waals surface area (Å²) in [4.78, 5) is 38.4. The summed E-state index contributed by atoms with van der Waals surface area (Å²) >= 11 is 5.76. The fourth-order valence-electron chi connectivity index (χ4n) is 3.62. The number of carbonyl (C=O) groups is 3. The average Bonchev–Trinajstić information content (AvgIpc) is 3.07. The molecule has 1 atom stereocenters. The van der Waals surface area contributed by atoms with E-state index in [1.807, 2.05) is 0 Å². The lowest BCUT2D eigenvalue weighted by Gasteiger charge is -2.39. The van der Waals surface area contributed by atoms with Crippen LogP contribution in [0.5, 0.6) is 0 Å². The Hall–Kier alpha value is -3.46. The summed E-state index contributed by atoms with van der Waals surface area (Å²) in [6.07, 6.45) is 0.430. The predicted octanol–water partition coefficient (Wildman–Crippen LogP) is 2.22. The van der Waals surface area contributed by atoms with Gasteiger partial charge in [-0.05, 0) is 18.6 Å². The zero-order valence-electron chi connectivity index (χ0n) is 16.3. The van der Waals surface area contributed by atoms with Gasteiger partial charge in [-0.1, -0.05) is 41.9 Å². The number of amides is 3. The Morgan fingerprint density at radius 3 is 2.68 bits per heavy atom. The Balaban J connectivity index is 1.43. The highest BCUT2D eigenvalue weighted by atomic mass is 35.5. The number of aromatic nitrogens is 2. The van der Waals surface area contributed by atoms with Gasteiger partial charge in [0.25, 0.3) is 0 Å². The van der Waals surface area contributed by atoms with Gasteiger partial charge in [-0.3, -0.25) is 9.59 Å². The predicted molar refractivity (Wildman–Crippen MR) is 112 cm³/mol. The summed E-state index contributed by atoms with van der Waals surface area (Å²) in [6.45, 7) is 0.397. The first-order valence-corrected chi connectivity index (χ1v) is 10.0. The third-order valence-corrected chi connectivity index (χ3v) is 5.61. The van der Waals surface area contributed by atoms with Gasteiger partial charge in [0.2, 0.25) is 11.8 Å². The van der Waals surface area contributed by atoms with Crippen LogP contribution in [0.2, 0.25) is 5.02 Å². The van der Waals surface area contributed by atoms with Gasteiger partial charge in [-0.15, -0.1) is 0 Å². The molecule has 0 aliphatic carbocycles. The molecular weight excluding hydrogens is 425 g/mol. The second kappa shape index (κ2) is 8.35. The van der Waals surface area contributed by atoms with E-state index in [2.05, 4.69) is 10.4 Å². The van der Waals surface area contributed by atoms with Crippen molar-refractivity contribution in [2.45, 2.75) is 25.4 Å². The monoisotopic (exact) mass is 443 g/mol. The number of primary amides is 1. The number of carbonyl (C=O) groups excluding carboxylic acids is 3. The van der Waals surface area contributed by atoms with Gasteiger partial charge >= 0.3 is 6.03 Å². The van der Waals surface area contributed by atoms with E-state index < -0.39 is 17.9 Å². The first-order chi connectivity index (χ1) is 14.9. The van der Waals surface area contributed by atoms with E-state index in [4.69, 9.17) is 17.3 Å². The van der Waals surface area contributed by atoms with E-state index >= 15 is 0 Å². The Morgan fingerprint density at radius 1 is 1.19 bits per heavy atom. The lowest BCUT2D eigenvalue weighted by atomic mass is 10.0. The molecule has 0 saturated carbocycles. The smallest absolute Gasteiger partial charge is 0.340 e. The van der Waals surface area contributed by atoms with E-state index in [0.717, 1.165) is 4.68 Å². The highest BCUT2D eigenvalue weighted by Gasteiger charge is 2.37. The van der Waals surface area contributed by atoms with Crippen molar-refractivity contribution in [2.75, 3.05) is 6.54 Å². The molecule has 3 amide bonds. The van der Waals surface area contributed by atoms with Crippen molar-refractivity contribution in [2.24, 2.45) is 5.73 Å². The molecule has 0 spiro atoms. The first-order valence-electron chi connectivity index (χ1n) is 9.63. The maximum absolute atomic E-state index is 14.0. The zero-order chi connectivity index (χ0) is 22.1. The van der Waals surface area contributed by atoms with E-state index in [1.54, 1.807) is 30.3 Å². The molecule has 3 N–H and O–H groups in total. The van der Waals surface area contributed by atoms with E-state index in [1.165, 1.54) is 17.0 Å². The molecule has 1 saturated heterocycles. The largest absolute Gasteiger partial charge is 0.350 e. The summed E-state index contributed by atoms with van der Waals surface area (Å²) in [6, 6.07) is 10.1. The van der Waals surface area contributed by atoms with E-state index in [9.17, 15) is 18.8 Å². The third-order valence-electron chi connectivity index (χ3n) is 5.32. The minimum Gasteiger partial charge on any atom is -0.350 e. The Kier molecular flexibility index (Phi) is 5.60. The van der Waals surface area contributed by atoms with E-state index in [-0.39, 0.29) is 35.4 Å². The van der Waals surface area contributed by atoms with Crippen LogP contribution in [0, 0.1) is 5.82 Å². The molecule has 1 aliphatic heterocycles. The van der Waals surface area contributed by atoms with Gasteiger partial charge < -0.3 is 16.0 Å². The number of nitrogens with zero attached hydrogens (tertiary/aromatic N) is 3. The Labute approximate surface area is 181 Å². The number of rotatable bonds is 5. The number of hydrogen-bond acceptors (Lipinski definition) is 4. The molecule has 2 aromatic carbocycles. The van der Waals surface area contributed by atoms with Crippen LogP contribution in [0.3, 0.4) is 0 Å². The van der Waals surface area contributed by atoms with Gasteiger partial charge in [0.1, 0.15) is 11.9 Å². The number of benzene rings is 2. The molecule has 160 valence electrons. The van der Waals surface area contributed by atoms with Crippen LogP contribution in [0.25, 0.3) is 10.9 Å². The minimum atomic E-state index is -0.746. The van der Waals surface area contributed by atoms with Crippen molar-refractivity contribution in [1.82, 2.24) is 20.0 Å². The van der Waals surface area contributed by atoms with Crippen molar-refractivity contribution >= 4 is 40.3 Å². The summed E-state index contributed by atoms with van der Waals surface area (Å²) in [5, 5.41) is 7.45. The molecule has 0 bridgehead atoms. The molecule has 3 aromatic rings. The summed E-state index contributed by atoms with van der Waals surface area (Å²) in [7, 11) is 0. The molecule has 8 nitrogen and oxygen atoms in total. The van der Waals surface area contributed by atoms with Crippen LogP contribution in [-0.2, 0) is 22.6 Å². The van der Waals surface area contributed by atoms with Crippen LogP contribution < -0.4 is 11.1 Å². The molecule has 2 heterocycles. The maximum Gasteiger partial charge on any atom is 0.340 e. The molecule has 31 heavy (non-hydrogen) atoms. The second-order valence-electron chi connectivity index (χ2n) is 7.21. The van der Waals surface area contributed by atoms with Crippen molar-refractivity contribution < 1.29 is 18.8 Å². The number of likely N-dealkylation sites (tertiary alicyclic amines) is 1. The SMILES string of the molecule is NC(=O)n1nc(CC(=O)N2CCC2C(=O)NCc2cccc(Cl)c2F)c2ccccc21. The van der Waals surface area contributed by atoms with Crippen molar-refractivity contribution in [3.05, 3.63) is 64.6 Å². The first kappa shape index (κ1) is 20.8. The van der Waals surface area contributed by atoms with Crippen LogP contribution in [0.4, 0.5) is 9.18 Å². The molecule has 1 fully saturated rings. The number of hydrogen-bond donors (Lipinski definition) is 2. The highest BCUT2D eigenvalue weighted by Crippen LogP contribution is 2.23. The quantitative estimate of drug-likeness (QED) is 0.629. The standard InChI is InChI=1S/C21H19ClFN5O3/c22-14-6-3-4-12(19(14)23)11-25-20(30)17-8-9-27(17)18(29)10-15-13-5-1-2-7-16(13)28(26-15)21(24)31/h1-7,17H,8-11H2,(H2,24,31)(H,25,30). The summed E-state index contributed by atoms with van der Waals surface area (Å²) in [5.74, 6) is -1.24. The van der Waals surface area contributed by atoms with Gasteiger partial charge in [-0.2, -0.15) is 9.78 Å². The lowest BCUT2D eigenvalue weighted by molar-refractivity contribution is -0.146. The number of para-hydroxylation sites is 1. The van der Waals surface area contributed by atoms with Gasteiger partial charge in [0.15, 0.2) is 0 Å². The fourth-order valence-corrected chi connectivity index (χ4v) is 3.81. The normalized spacial score (nSPS) is 15.5. The van der Waals surface area contributed by atoms with Crippen LogP contribution >= 0.6 is 11.6 Å². The molecule has 1 aromatic heterocycles. The number of fused-ring (bicyclic) bond motifs is 1. The van der Waals surface area contributed by atoms with Crippen LogP contribution in [0.1, 0.15) is 17.7 Å². The molecule has 1 unspecified atom stereocenters. The molecule has 0 radical (unpaired) electrons. The Bertz CT molecular complexity index is 1190. The zero-order valence-corrected chi connectivity index (χ0v) is 17.1. The van der Waals surface area contributed by atoms with Crippen molar-refractivity contribution in [3.8, 4) is 0 Å². The Morgan fingerprint density at radius 2 is 1.97 bits per heavy atom. The summed E-state index contributed by atoms with van der Waals surface area (Å²) < 4.78 is 15.0. The summed E-state index contributed by atoms with van der Waals surface area (Å²) in [5.41, 5.74) is 6.55. The van der Waals surface area contributed by atoms with Crippen molar-refractivity contribution in [1.29, 1.82) is 0 Å². The van der Waals surface area contributed by atoms with Crippen molar-refractivity contribution in [3.63, 3.8) is 0 Å². The fraction of sp³-hybridized carbons (Fsp3) is 0.238. The molecule has 10 heteroatoms. The van der Waals surface area contributed by atoms with Gasteiger partial charge in [0.05, 0.1) is 22.7 Å². The van der Waals surface area contributed by atoms with Gasteiger partial charge in [0, 0.05) is 24.0 Å². The van der Waals surface area contributed by atoms with Crippen LogP contribution in [-0.4, -0.2) is 45.1 Å². The number of nitrogens with one attached hydrogen (secondary N) is 1. The third kappa shape index (κ3) is 3.96. The minimum absolute atomic E-state index is 0.0187. The van der Waals surface area contributed by atoms with Gasteiger partial charge in [-0.25, -0.2) is 9.18 Å². The second-order valence-corrected chi connectivity index (χ2v) is 7.62. The topological polar surface area (TPSA) is 110 Å². The molecule has 4 rings (SSSR count). The number of nitrogens with two attached hydrogens (primary N) is 1. The average molecular weight is 444 g/mol. The lowest BCUT2D eigenvalue weighted by Crippen LogP contribution is -2.58.